The number of aromatic nitrogens is 1. The van der Waals surface area contributed by atoms with Crippen molar-refractivity contribution >= 4 is 29.1 Å². The van der Waals surface area contributed by atoms with Crippen LogP contribution in [0.4, 0.5) is 0 Å². The zero-order chi connectivity index (χ0) is 11.4. The Morgan fingerprint density at radius 1 is 1.67 bits per heavy atom. The van der Waals surface area contributed by atoms with E-state index in [1.807, 2.05) is 6.92 Å². The third-order valence-corrected chi connectivity index (χ3v) is 2.29. The number of amides is 1. The Labute approximate surface area is 98.1 Å². The lowest BCUT2D eigenvalue weighted by Gasteiger charge is -2.10. The Morgan fingerprint density at radius 2 is 2.33 bits per heavy atom. The van der Waals surface area contributed by atoms with E-state index < -0.39 is 0 Å². The van der Waals surface area contributed by atoms with E-state index in [-0.39, 0.29) is 22.1 Å². The Morgan fingerprint density at radius 3 is 2.93 bits per heavy atom. The predicted octanol–water partition coefficient (Wildman–Crippen LogP) is 2.69. The molecule has 0 aromatic carbocycles. The minimum Gasteiger partial charge on any atom is -0.346 e. The molecule has 1 aromatic heterocycles. The van der Waals surface area contributed by atoms with Gasteiger partial charge in [-0.3, -0.25) is 4.79 Å². The SMILES string of the molecule is C=CC(C)NC(=O)c1cc(Cl)ncc1Cl. The fourth-order valence-corrected chi connectivity index (χ4v) is 1.28. The number of carbonyl (C=O) groups excluding carboxylic acids is 1. The van der Waals surface area contributed by atoms with Gasteiger partial charge in [0.2, 0.25) is 0 Å². The summed E-state index contributed by atoms with van der Waals surface area (Å²) < 4.78 is 0. The van der Waals surface area contributed by atoms with Crippen LogP contribution >= 0.6 is 23.2 Å². The first kappa shape index (κ1) is 12.0. The molecule has 0 bridgehead atoms. The van der Waals surface area contributed by atoms with Crippen molar-refractivity contribution in [1.29, 1.82) is 0 Å². The summed E-state index contributed by atoms with van der Waals surface area (Å²) >= 11 is 11.5. The first-order chi connectivity index (χ1) is 7.04. The number of rotatable bonds is 3. The second-order valence-electron chi connectivity index (χ2n) is 2.98. The van der Waals surface area contributed by atoms with E-state index in [1.165, 1.54) is 12.3 Å². The maximum absolute atomic E-state index is 11.7. The number of halogens is 2. The van der Waals surface area contributed by atoms with E-state index in [1.54, 1.807) is 6.08 Å². The molecule has 0 spiro atoms. The van der Waals surface area contributed by atoms with E-state index >= 15 is 0 Å². The molecule has 0 aliphatic heterocycles. The minimum atomic E-state index is -0.295. The van der Waals surface area contributed by atoms with Gasteiger partial charge < -0.3 is 5.32 Å². The minimum absolute atomic E-state index is 0.125. The summed E-state index contributed by atoms with van der Waals surface area (Å²) in [5.74, 6) is -0.295. The Bertz CT molecular complexity index is 393. The van der Waals surface area contributed by atoms with Crippen molar-refractivity contribution in [2.75, 3.05) is 0 Å². The third kappa shape index (κ3) is 3.22. The summed E-state index contributed by atoms with van der Waals surface area (Å²) in [5.41, 5.74) is 0.311. The molecule has 0 aliphatic carbocycles. The lowest BCUT2D eigenvalue weighted by Crippen LogP contribution is -2.31. The van der Waals surface area contributed by atoms with Crippen LogP contribution in [0, 0.1) is 0 Å². The molecule has 1 atom stereocenters. The number of hydrogen-bond donors (Lipinski definition) is 1. The van der Waals surface area contributed by atoms with E-state index in [0.717, 1.165) is 0 Å². The van der Waals surface area contributed by atoms with Crippen LogP contribution in [0.5, 0.6) is 0 Å². The molecule has 0 aliphatic rings. The van der Waals surface area contributed by atoms with Crippen molar-refractivity contribution < 1.29 is 4.79 Å². The molecule has 1 heterocycles. The maximum Gasteiger partial charge on any atom is 0.253 e. The molecule has 1 rings (SSSR count). The first-order valence-electron chi connectivity index (χ1n) is 4.29. The quantitative estimate of drug-likeness (QED) is 0.657. The van der Waals surface area contributed by atoms with Crippen molar-refractivity contribution in [2.45, 2.75) is 13.0 Å². The van der Waals surface area contributed by atoms with Crippen LogP contribution in [-0.2, 0) is 0 Å². The van der Waals surface area contributed by atoms with E-state index in [2.05, 4.69) is 16.9 Å². The average Bonchev–Trinajstić information content (AvgIpc) is 2.21. The summed E-state index contributed by atoms with van der Waals surface area (Å²) in [6.07, 6.45) is 2.96. The Kier molecular flexibility index (Phi) is 4.12. The van der Waals surface area contributed by atoms with Crippen molar-refractivity contribution in [2.24, 2.45) is 0 Å². The smallest absolute Gasteiger partial charge is 0.253 e. The molecule has 5 heteroatoms. The van der Waals surface area contributed by atoms with Gasteiger partial charge in [-0.1, -0.05) is 29.3 Å². The fraction of sp³-hybridized carbons (Fsp3) is 0.200. The number of nitrogens with one attached hydrogen (secondary N) is 1. The van der Waals surface area contributed by atoms with Crippen LogP contribution in [-0.4, -0.2) is 16.9 Å². The summed E-state index contributed by atoms with van der Waals surface area (Å²) in [4.78, 5) is 15.4. The monoisotopic (exact) mass is 244 g/mol. The number of pyridine rings is 1. The van der Waals surface area contributed by atoms with Gasteiger partial charge >= 0.3 is 0 Å². The van der Waals surface area contributed by atoms with Crippen molar-refractivity contribution in [3.05, 3.63) is 40.7 Å². The molecule has 0 radical (unpaired) electrons. The third-order valence-electron chi connectivity index (χ3n) is 1.78. The molecule has 1 N–H and O–H groups in total. The van der Waals surface area contributed by atoms with Crippen LogP contribution in [0.2, 0.25) is 10.2 Å². The van der Waals surface area contributed by atoms with E-state index in [4.69, 9.17) is 23.2 Å². The van der Waals surface area contributed by atoms with Crippen LogP contribution in [0.3, 0.4) is 0 Å². The summed E-state index contributed by atoms with van der Waals surface area (Å²) in [6, 6.07) is 1.30. The van der Waals surface area contributed by atoms with Gasteiger partial charge in [-0.2, -0.15) is 0 Å². The lowest BCUT2D eigenvalue weighted by atomic mass is 10.2. The van der Waals surface area contributed by atoms with Crippen molar-refractivity contribution in [3.8, 4) is 0 Å². The molecule has 1 unspecified atom stereocenters. The molecular formula is C10H10Cl2N2O. The molecule has 1 aromatic rings. The highest BCUT2D eigenvalue weighted by atomic mass is 35.5. The van der Waals surface area contributed by atoms with Crippen LogP contribution < -0.4 is 5.32 Å². The lowest BCUT2D eigenvalue weighted by molar-refractivity contribution is 0.0947. The van der Waals surface area contributed by atoms with Gasteiger partial charge in [0.05, 0.1) is 10.6 Å². The largest absolute Gasteiger partial charge is 0.346 e. The van der Waals surface area contributed by atoms with Crippen molar-refractivity contribution in [1.82, 2.24) is 10.3 Å². The van der Waals surface area contributed by atoms with Gasteiger partial charge in [0.25, 0.3) is 5.91 Å². The number of hydrogen-bond acceptors (Lipinski definition) is 2. The first-order valence-corrected chi connectivity index (χ1v) is 5.04. The summed E-state index contributed by atoms with van der Waals surface area (Å²) in [6.45, 7) is 5.37. The number of carbonyl (C=O) groups is 1. The van der Waals surface area contributed by atoms with Crippen LogP contribution in [0.25, 0.3) is 0 Å². The highest BCUT2D eigenvalue weighted by Gasteiger charge is 2.12. The zero-order valence-electron chi connectivity index (χ0n) is 8.13. The highest BCUT2D eigenvalue weighted by molar-refractivity contribution is 6.35. The molecule has 15 heavy (non-hydrogen) atoms. The summed E-state index contributed by atoms with van der Waals surface area (Å²) in [7, 11) is 0. The van der Waals surface area contributed by atoms with Gasteiger partial charge in [0.15, 0.2) is 0 Å². The molecule has 0 saturated heterocycles. The van der Waals surface area contributed by atoms with Gasteiger partial charge in [-0.05, 0) is 13.0 Å². The predicted molar refractivity (Wildman–Crippen MR) is 61.4 cm³/mol. The van der Waals surface area contributed by atoms with Crippen LogP contribution in [0.1, 0.15) is 17.3 Å². The summed E-state index contributed by atoms with van der Waals surface area (Å²) in [5, 5.41) is 3.19. The highest BCUT2D eigenvalue weighted by Crippen LogP contribution is 2.17. The zero-order valence-corrected chi connectivity index (χ0v) is 9.64. The normalized spacial score (nSPS) is 11.9. The van der Waals surface area contributed by atoms with Gasteiger partial charge in [0, 0.05) is 12.2 Å². The van der Waals surface area contributed by atoms with Gasteiger partial charge in [0.1, 0.15) is 5.15 Å². The molecular weight excluding hydrogens is 235 g/mol. The van der Waals surface area contributed by atoms with Crippen molar-refractivity contribution in [3.63, 3.8) is 0 Å². The van der Waals surface area contributed by atoms with Gasteiger partial charge in [-0.15, -0.1) is 6.58 Å². The van der Waals surface area contributed by atoms with Crippen LogP contribution in [0.15, 0.2) is 24.9 Å². The average molecular weight is 245 g/mol. The molecule has 80 valence electrons. The number of nitrogens with zero attached hydrogens (tertiary/aromatic N) is 1. The second-order valence-corrected chi connectivity index (χ2v) is 3.78. The molecule has 0 fully saturated rings. The van der Waals surface area contributed by atoms with E-state index in [9.17, 15) is 4.79 Å². The standard InChI is InChI=1S/C10H10Cl2N2O/c1-3-6(2)14-10(15)7-4-9(12)13-5-8(7)11/h3-6H,1H2,2H3,(H,14,15). The topological polar surface area (TPSA) is 42.0 Å². The molecule has 1 amide bonds. The van der Waals surface area contributed by atoms with Gasteiger partial charge in [-0.25, -0.2) is 4.98 Å². The maximum atomic E-state index is 11.7. The fourth-order valence-electron chi connectivity index (χ4n) is 0.931. The Balaban J connectivity index is 2.90. The second kappa shape index (κ2) is 5.14. The van der Waals surface area contributed by atoms with E-state index in [0.29, 0.717) is 5.56 Å². The Hall–Kier alpha value is -1.06. The molecule has 0 saturated carbocycles. The molecule has 3 nitrogen and oxygen atoms in total.